The minimum atomic E-state index is 0.0462. The molecule has 1 amide bonds. The van der Waals surface area contributed by atoms with Crippen molar-refractivity contribution in [1.29, 1.82) is 0 Å². The normalized spacial score (nSPS) is 15.4. The van der Waals surface area contributed by atoms with Gasteiger partial charge in [-0.25, -0.2) is 4.98 Å². The molecule has 5 nitrogen and oxygen atoms in total. The van der Waals surface area contributed by atoms with Crippen LogP contribution < -0.4 is 0 Å². The number of hydrogen-bond acceptors (Lipinski definition) is 3. The molecule has 0 bridgehead atoms. The van der Waals surface area contributed by atoms with Gasteiger partial charge in [0.2, 0.25) is 0 Å². The highest BCUT2D eigenvalue weighted by molar-refractivity contribution is 5.95. The predicted molar refractivity (Wildman–Crippen MR) is 97.5 cm³/mol. The van der Waals surface area contributed by atoms with Gasteiger partial charge in [-0.15, -0.1) is 0 Å². The summed E-state index contributed by atoms with van der Waals surface area (Å²) >= 11 is 0. The Morgan fingerprint density at radius 2 is 1.96 bits per heavy atom. The number of nitrogens with one attached hydrogen (secondary N) is 1. The molecule has 3 aromatic rings. The van der Waals surface area contributed by atoms with E-state index in [0.717, 1.165) is 48.5 Å². The highest BCUT2D eigenvalue weighted by Crippen LogP contribution is 2.23. The Kier molecular flexibility index (Phi) is 4.24. The zero-order valence-corrected chi connectivity index (χ0v) is 14.2. The van der Waals surface area contributed by atoms with Crippen molar-refractivity contribution >= 4 is 16.9 Å². The topological polar surface area (TPSA) is 58.2 Å². The van der Waals surface area contributed by atoms with Crippen LogP contribution >= 0.6 is 0 Å². The van der Waals surface area contributed by atoms with E-state index in [-0.39, 0.29) is 11.9 Å². The maximum absolute atomic E-state index is 12.9. The van der Waals surface area contributed by atoms with Crippen LogP contribution in [0, 0.1) is 0 Å². The van der Waals surface area contributed by atoms with Crippen molar-refractivity contribution in [1.82, 2.24) is 14.9 Å². The molecule has 4 rings (SSSR count). The van der Waals surface area contributed by atoms with Crippen LogP contribution in [0.2, 0.25) is 0 Å². The number of rotatable bonds is 3. The number of ether oxygens (including phenoxy) is 1. The predicted octanol–water partition coefficient (Wildman–Crippen LogP) is 3.48. The van der Waals surface area contributed by atoms with Gasteiger partial charge in [0.1, 0.15) is 5.82 Å². The Balaban J connectivity index is 1.61. The van der Waals surface area contributed by atoms with Crippen LogP contribution in [-0.2, 0) is 4.74 Å². The van der Waals surface area contributed by atoms with Crippen molar-refractivity contribution in [2.75, 3.05) is 20.3 Å². The van der Waals surface area contributed by atoms with Crippen molar-refractivity contribution in [2.45, 2.75) is 18.9 Å². The highest BCUT2D eigenvalue weighted by Gasteiger charge is 2.23. The van der Waals surface area contributed by atoms with Crippen LogP contribution in [0.3, 0.4) is 0 Å². The lowest BCUT2D eigenvalue weighted by Crippen LogP contribution is -2.40. The smallest absolute Gasteiger partial charge is 0.253 e. The summed E-state index contributed by atoms with van der Waals surface area (Å²) in [6, 6.07) is 15.8. The van der Waals surface area contributed by atoms with Gasteiger partial charge in [-0.05, 0) is 37.1 Å². The van der Waals surface area contributed by atoms with Crippen LogP contribution in [-0.4, -0.2) is 47.1 Å². The van der Waals surface area contributed by atoms with Crippen molar-refractivity contribution < 1.29 is 9.53 Å². The third-order valence-corrected chi connectivity index (χ3v) is 4.83. The quantitative estimate of drug-likeness (QED) is 0.797. The number of amides is 1. The summed E-state index contributed by atoms with van der Waals surface area (Å²) in [5.41, 5.74) is 3.52. The molecule has 0 spiro atoms. The van der Waals surface area contributed by atoms with E-state index >= 15 is 0 Å². The number of hydrogen-bond donors (Lipinski definition) is 1. The van der Waals surface area contributed by atoms with Gasteiger partial charge in [0.05, 0.1) is 11.0 Å². The van der Waals surface area contributed by atoms with Gasteiger partial charge in [-0.1, -0.05) is 24.3 Å². The number of benzene rings is 2. The summed E-state index contributed by atoms with van der Waals surface area (Å²) < 4.78 is 5.39. The van der Waals surface area contributed by atoms with Gasteiger partial charge in [-0.2, -0.15) is 0 Å². The third-order valence-electron chi connectivity index (χ3n) is 4.83. The van der Waals surface area contributed by atoms with Crippen molar-refractivity contribution in [2.24, 2.45) is 0 Å². The van der Waals surface area contributed by atoms with E-state index in [1.807, 2.05) is 60.5 Å². The average Bonchev–Trinajstić information content (AvgIpc) is 3.12. The molecule has 1 saturated heterocycles. The lowest BCUT2D eigenvalue weighted by molar-refractivity contribution is 0.0362. The SMILES string of the molecule is CN(C(=O)c1cccc(-c2nc3ccccc3[nH]2)c1)C1CCOCC1. The summed E-state index contributed by atoms with van der Waals surface area (Å²) in [5, 5.41) is 0. The van der Waals surface area contributed by atoms with Crippen molar-refractivity contribution in [3.8, 4) is 11.4 Å². The first-order valence-corrected chi connectivity index (χ1v) is 8.62. The molecular weight excluding hydrogens is 314 g/mol. The number of imidazole rings is 1. The molecule has 0 aliphatic carbocycles. The summed E-state index contributed by atoms with van der Waals surface area (Å²) in [4.78, 5) is 22.6. The molecule has 128 valence electrons. The number of fused-ring (bicyclic) bond motifs is 1. The van der Waals surface area contributed by atoms with Crippen LogP contribution in [0.15, 0.2) is 48.5 Å². The van der Waals surface area contributed by atoms with Crippen LogP contribution in [0.25, 0.3) is 22.4 Å². The zero-order valence-electron chi connectivity index (χ0n) is 14.2. The largest absolute Gasteiger partial charge is 0.381 e. The van der Waals surface area contributed by atoms with E-state index in [2.05, 4.69) is 9.97 Å². The first kappa shape index (κ1) is 15.8. The fourth-order valence-electron chi connectivity index (χ4n) is 3.33. The Bertz CT molecular complexity index is 864. The molecule has 5 heteroatoms. The van der Waals surface area contributed by atoms with Crippen LogP contribution in [0.1, 0.15) is 23.2 Å². The summed E-state index contributed by atoms with van der Waals surface area (Å²) in [5.74, 6) is 0.828. The molecule has 0 atom stereocenters. The van der Waals surface area contributed by atoms with Gasteiger partial charge >= 0.3 is 0 Å². The lowest BCUT2D eigenvalue weighted by Gasteiger charge is -2.31. The van der Waals surface area contributed by atoms with Crippen molar-refractivity contribution in [3.05, 3.63) is 54.1 Å². The number of carbonyl (C=O) groups excluding carboxylic acids is 1. The lowest BCUT2D eigenvalue weighted by atomic mass is 10.0. The molecule has 1 aliphatic heterocycles. The molecule has 1 N–H and O–H groups in total. The zero-order chi connectivity index (χ0) is 17.2. The number of aromatic amines is 1. The third kappa shape index (κ3) is 3.15. The molecule has 2 heterocycles. The summed E-state index contributed by atoms with van der Waals surface area (Å²) in [6.07, 6.45) is 1.79. The second-order valence-electron chi connectivity index (χ2n) is 6.44. The van der Waals surface area contributed by atoms with E-state index < -0.39 is 0 Å². The van der Waals surface area contributed by atoms with E-state index in [1.165, 1.54) is 0 Å². The van der Waals surface area contributed by atoms with E-state index in [4.69, 9.17) is 4.74 Å². The summed E-state index contributed by atoms with van der Waals surface area (Å²) in [6.45, 7) is 1.45. The molecule has 25 heavy (non-hydrogen) atoms. The fourth-order valence-corrected chi connectivity index (χ4v) is 3.33. The molecule has 1 fully saturated rings. The van der Waals surface area contributed by atoms with Gasteiger partial charge < -0.3 is 14.6 Å². The maximum Gasteiger partial charge on any atom is 0.253 e. The van der Waals surface area contributed by atoms with Gasteiger partial charge in [-0.3, -0.25) is 4.79 Å². The summed E-state index contributed by atoms with van der Waals surface area (Å²) in [7, 11) is 1.88. The van der Waals surface area contributed by atoms with Gasteiger partial charge in [0.25, 0.3) is 5.91 Å². The Hall–Kier alpha value is -2.66. The Morgan fingerprint density at radius 3 is 2.76 bits per heavy atom. The minimum Gasteiger partial charge on any atom is -0.381 e. The molecule has 0 saturated carbocycles. The second-order valence-corrected chi connectivity index (χ2v) is 6.44. The monoisotopic (exact) mass is 335 g/mol. The molecular formula is C20H21N3O2. The average molecular weight is 335 g/mol. The van der Waals surface area contributed by atoms with Gasteiger partial charge in [0, 0.05) is 37.4 Å². The van der Waals surface area contributed by atoms with E-state index in [9.17, 15) is 4.79 Å². The number of H-pyrrole nitrogens is 1. The molecule has 0 unspecified atom stereocenters. The number of carbonyl (C=O) groups is 1. The highest BCUT2D eigenvalue weighted by atomic mass is 16.5. The molecule has 2 aromatic carbocycles. The number of para-hydroxylation sites is 2. The number of nitrogens with zero attached hydrogens (tertiary/aromatic N) is 2. The molecule has 1 aromatic heterocycles. The standard InChI is InChI=1S/C20H21N3O2/c1-23(16-9-11-25-12-10-16)20(24)15-6-4-5-14(13-15)19-21-17-7-2-3-8-18(17)22-19/h2-8,13,16H,9-12H2,1H3,(H,21,22). The minimum absolute atomic E-state index is 0.0462. The Morgan fingerprint density at radius 1 is 1.16 bits per heavy atom. The first-order chi connectivity index (χ1) is 12.2. The first-order valence-electron chi connectivity index (χ1n) is 8.62. The van der Waals surface area contributed by atoms with E-state index in [1.54, 1.807) is 0 Å². The maximum atomic E-state index is 12.9. The Labute approximate surface area is 146 Å². The van der Waals surface area contributed by atoms with Crippen molar-refractivity contribution in [3.63, 3.8) is 0 Å². The molecule has 0 radical (unpaired) electrons. The number of aromatic nitrogens is 2. The van der Waals surface area contributed by atoms with Crippen LogP contribution in [0.5, 0.6) is 0 Å². The van der Waals surface area contributed by atoms with Gasteiger partial charge in [0.15, 0.2) is 0 Å². The molecule has 1 aliphatic rings. The van der Waals surface area contributed by atoms with E-state index in [0.29, 0.717) is 5.56 Å². The fraction of sp³-hybridized carbons (Fsp3) is 0.300. The second kappa shape index (κ2) is 6.69. The van der Waals surface area contributed by atoms with Crippen LogP contribution in [0.4, 0.5) is 0 Å².